The zero-order valence-electron chi connectivity index (χ0n) is 17.0. The van der Waals surface area contributed by atoms with Crippen LogP contribution >= 0.6 is 0 Å². The molecule has 0 radical (unpaired) electrons. The Morgan fingerprint density at radius 1 is 1.23 bits per heavy atom. The lowest BCUT2D eigenvalue weighted by Gasteiger charge is -2.35. The summed E-state index contributed by atoms with van der Waals surface area (Å²) in [4.78, 5) is 39.1. The predicted octanol–water partition coefficient (Wildman–Crippen LogP) is 2.55. The van der Waals surface area contributed by atoms with Gasteiger partial charge in [0.05, 0.1) is 0 Å². The maximum atomic E-state index is 13.8. The largest absolute Gasteiger partial charge is 0.503 e. The number of carbonyl (C=O) groups is 2. The number of nitrogens with one attached hydrogen (secondary N) is 1. The van der Waals surface area contributed by atoms with Gasteiger partial charge in [-0.05, 0) is 6.42 Å². The Labute approximate surface area is 176 Å². The van der Waals surface area contributed by atoms with Gasteiger partial charge in [0.1, 0.15) is 23.0 Å². The molecule has 31 heavy (non-hydrogen) atoms. The second-order valence-electron chi connectivity index (χ2n) is 7.46. The van der Waals surface area contributed by atoms with E-state index in [1.807, 2.05) is 6.92 Å². The van der Waals surface area contributed by atoms with Crippen LogP contribution in [0.1, 0.15) is 52.6 Å². The van der Waals surface area contributed by atoms with Crippen LogP contribution < -0.4 is 10.7 Å². The lowest BCUT2D eigenvalue weighted by Crippen LogP contribution is -2.47. The van der Waals surface area contributed by atoms with E-state index in [9.17, 15) is 32.7 Å². The molecule has 7 nitrogen and oxygen atoms in total. The minimum absolute atomic E-state index is 0.180. The number of carbonyl (C=O) groups excluding carboxylic acids is 2. The minimum Gasteiger partial charge on any atom is -0.503 e. The number of benzene rings is 1. The molecular formula is C21H22F3N3O4. The molecule has 1 aliphatic heterocycles. The lowest BCUT2D eigenvalue weighted by atomic mass is 10.0. The number of hydrogen-bond donors (Lipinski definition) is 2. The second kappa shape index (κ2) is 8.83. The molecule has 2 aromatic rings. The van der Waals surface area contributed by atoms with Crippen LogP contribution in [0.4, 0.5) is 13.2 Å². The molecule has 1 aliphatic rings. The third-order valence-corrected chi connectivity index (χ3v) is 5.40. The maximum Gasteiger partial charge on any atom is 0.274 e. The molecule has 0 aliphatic carbocycles. The van der Waals surface area contributed by atoms with Crippen molar-refractivity contribution in [1.29, 1.82) is 0 Å². The van der Waals surface area contributed by atoms with Gasteiger partial charge < -0.3 is 19.9 Å². The van der Waals surface area contributed by atoms with E-state index in [1.54, 1.807) is 7.05 Å². The molecule has 1 aromatic carbocycles. The first-order valence-corrected chi connectivity index (χ1v) is 9.80. The molecule has 1 aromatic heterocycles. The number of nitrogens with zero attached hydrogens (tertiary/aromatic N) is 2. The lowest BCUT2D eigenvalue weighted by molar-refractivity contribution is 0.0633. The zero-order chi connectivity index (χ0) is 22.9. The van der Waals surface area contributed by atoms with Gasteiger partial charge in [0.15, 0.2) is 11.4 Å². The molecule has 1 atom stereocenters. The summed E-state index contributed by atoms with van der Waals surface area (Å²) in [5.41, 5.74) is -2.34. The number of aromatic nitrogens is 1. The number of aromatic hydroxyl groups is 1. The molecule has 2 heterocycles. The van der Waals surface area contributed by atoms with Crippen LogP contribution in [0.25, 0.3) is 0 Å². The molecule has 0 spiro atoms. The highest BCUT2D eigenvalue weighted by Gasteiger charge is 2.34. The summed E-state index contributed by atoms with van der Waals surface area (Å²) in [5.74, 6) is -5.86. The Hall–Kier alpha value is -3.30. The number of fused-ring (bicyclic) bond motifs is 1. The van der Waals surface area contributed by atoms with Crippen LogP contribution in [-0.4, -0.2) is 39.5 Å². The van der Waals surface area contributed by atoms with Crippen molar-refractivity contribution in [2.24, 2.45) is 0 Å². The van der Waals surface area contributed by atoms with E-state index >= 15 is 0 Å². The van der Waals surface area contributed by atoms with Gasteiger partial charge in [-0.2, -0.15) is 0 Å². The number of hydrogen-bond acceptors (Lipinski definition) is 4. The fourth-order valence-electron chi connectivity index (χ4n) is 3.59. The average molecular weight is 437 g/mol. The molecule has 0 saturated carbocycles. The number of unbranched alkanes of at least 4 members (excludes halogenated alkanes) is 1. The molecular weight excluding hydrogens is 415 g/mol. The molecule has 0 fully saturated rings. The van der Waals surface area contributed by atoms with Gasteiger partial charge in [-0.3, -0.25) is 14.4 Å². The van der Waals surface area contributed by atoms with Gasteiger partial charge >= 0.3 is 0 Å². The fraction of sp³-hybridized carbons (Fsp3) is 0.381. The van der Waals surface area contributed by atoms with Crippen LogP contribution in [0.5, 0.6) is 5.75 Å². The molecule has 0 bridgehead atoms. The quantitative estimate of drug-likeness (QED) is 0.727. The fourth-order valence-corrected chi connectivity index (χ4v) is 3.59. The summed E-state index contributed by atoms with van der Waals surface area (Å²) in [5, 5.41) is 12.5. The van der Waals surface area contributed by atoms with E-state index in [0.29, 0.717) is 18.6 Å². The third-order valence-electron chi connectivity index (χ3n) is 5.40. The Kier molecular flexibility index (Phi) is 6.37. The predicted molar refractivity (Wildman–Crippen MR) is 105 cm³/mol. The molecule has 2 amide bonds. The highest BCUT2D eigenvalue weighted by Crippen LogP contribution is 2.25. The SMILES string of the molecule is CCCC[C@@H]1Cn2cc(C(=O)NCc3c(F)cc(F)cc3F)c(=O)c(O)c2C(=O)N1C. The van der Waals surface area contributed by atoms with E-state index < -0.39 is 58.1 Å². The standard InChI is InChI=1S/C21H22F3N3O4/c1-3-4-5-12-9-27-10-14(18(28)19(29)17(27)21(31)26(12)2)20(30)25-8-13-15(23)6-11(22)7-16(13)24/h6-7,10,12,29H,3-5,8-9H2,1-2H3,(H,25,30)/t12-/m1/s1. The normalized spacial score (nSPS) is 15.7. The highest BCUT2D eigenvalue weighted by atomic mass is 19.1. The maximum absolute atomic E-state index is 13.8. The van der Waals surface area contributed by atoms with Crippen molar-refractivity contribution in [3.05, 3.63) is 62.8 Å². The third kappa shape index (κ3) is 4.28. The van der Waals surface area contributed by atoms with Crippen molar-refractivity contribution in [3.63, 3.8) is 0 Å². The summed E-state index contributed by atoms with van der Waals surface area (Å²) in [7, 11) is 1.59. The molecule has 0 unspecified atom stereocenters. The van der Waals surface area contributed by atoms with Gasteiger partial charge in [-0.15, -0.1) is 0 Å². The van der Waals surface area contributed by atoms with Crippen molar-refractivity contribution in [2.75, 3.05) is 7.05 Å². The van der Waals surface area contributed by atoms with Crippen molar-refractivity contribution in [3.8, 4) is 5.75 Å². The van der Waals surface area contributed by atoms with Gasteiger partial charge in [0.2, 0.25) is 5.43 Å². The monoisotopic (exact) mass is 437 g/mol. The molecule has 2 N–H and O–H groups in total. The van der Waals surface area contributed by atoms with Crippen LogP contribution in [0.3, 0.4) is 0 Å². The van der Waals surface area contributed by atoms with Crippen LogP contribution in [0, 0.1) is 17.5 Å². The minimum atomic E-state index is -1.18. The first-order valence-electron chi connectivity index (χ1n) is 9.80. The summed E-state index contributed by atoms with van der Waals surface area (Å²) < 4.78 is 41.9. The summed E-state index contributed by atoms with van der Waals surface area (Å²) >= 11 is 0. The van der Waals surface area contributed by atoms with Crippen molar-refractivity contribution in [1.82, 2.24) is 14.8 Å². The van der Waals surface area contributed by atoms with Crippen LogP contribution in [0.15, 0.2) is 23.1 Å². The van der Waals surface area contributed by atoms with Crippen LogP contribution in [0.2, 0.25) is 0 Å². The van der Waals surface area contributed by atoms with Gasteiger partial charge in [0, 0.05) is 50.1 Å². The Bertz CT molecular complexity index is 1080. The van der Waals surface area contributed by atoms with E-state index in [-0.39, 0.29) is 18.3 Å². The van der Waals surface area contributed by atoms with Gasteiger partial charge in [-0.25, -0.2) is 13.2 Å². The van der Waals surface area contributed by atoms with Gasteiger partial charge in [0.25, 0.3) is 11.8 Å². The zero-order valence-corrected chi connectivity index (χ0v) is 17.0. The van der Waals surface area contributed by atoms with E-state index in [2.05, 4.69) is 5.32 Å². The Morgan fingerprint density at radius 3 is 2.48 bits per heavy atom. The highest BCUT2D eigenvalue weighted by molar-refractivity contribution is 5.99. The van der Waals surface area contributed by atoms with E-state index in [1.165, 1.54) is 9.47 Å². The topological polar surface area (TPSA) is 91.6 Å². The molecule has 166 valence electrons. The van der Waals surface area contributed by atoms with Gasteiger partial charge in [-0.1, -0.05) is 19.8 Å². The number of rotatable bonds is 6. The number of pyridine rings is 1. The van der Waals surface area contributed by atoms with Crippen LogP contribution in [-0.2, 0) is 13.1 Å². The number of halogens is 3. The smallest absolute Gasteiger partial charge is 0.274 e. The van der Waals surface area contributed by atoms with E-state index in [4.69, 9.17) is 0 Å². The first kappa shape index (κ1) is 22.4. The molecule has 0 saturated heterocycles. The number of amides is 2. The number of likely N-dealkylation sites (N-methyl/N-ethyl adjacent to an activating group) is 1. The molecule has 3 rings (SSSR count). The van der Waals surface area contributed by atoms with E-state index in [0.717, 1.165) is 19.0 Å². The Morgan fingerprint density at radius 2 is 1.87 bits per heavy atom. The summed E-state index contributed by atoms with van der Waals surface area (Å²) in [6, 6.07) is 0.769. The van der Waals surface area contributed by atoms with Crippen molar-refractivity contribution in [2.45, 2.75) is 45.3 Å². The second-order valence-corrected chi connectivity index (χ2v) is 7.46. The summed E-state index contributed by atoms with van der Waals surface area (Å²) in [6.07, 6.45) is 3.65. The van der Waals surface area contributed by atoms with Crippen molar-refractivity contribution < 1.29 is 27.9 Å². The summed E-state index contributed by atoms with van der Waals surface area (Å²) in [6.45, 7) is 1.64. The van der Waals surface area contributed by atoms with Crippen molar-refractivity contribution >= 4 is 11.8 Å². The first-order chi connectivity index (χ1) is 14.6. The average Bonchev–Trinajstić information content (AvgIpc) is 2.70. The Balaban J connectivity index is 1.89. The molecule has 10 heteroatoms.